The lowest BCUT2D eigenvalue weighted by atomic mass is 9.88. The molecule has 0 radical (unpaired) electrons. The summed E-state index contributed by atoms with van der Waals surface area (Å²) in [5.74, 6) is 0.394. The van der Waals surface area contributed by atoms with Crippen LogP contribution in [0.15, 0.2) is 30.3 Å². The maximum Gasteiger partial charge on any atom is 0.167 e. The molecule has 2 heteroatoms. The van der Waals surface area contributed by atoms with Gasteiger partial charge in [-0.15, -0.1) is 0 Å². The number of nitrogens with zero attached hydrogens (tertiary/aromatic N) is 1. The van der Waals surface area contributed by atoms with E-state index >= 15 is 0 Å². The Labute approximate surface area is 123 Å². The van der Waals surface area contributed by atoms with Gasteiger partial charge < -0.3 is 0 Å². The second-order valence-electron chi connectivity index (χ2n) is 5.97. The lowest BCUT2D eigenvalue weighted by molar-refractivity contribution is 0.0738. The van der Waals surface area contributed by atoms with Crippen molar-refractivity contribution in [1.29, 1.82) is 0 Å². The van der Waals surface area contributed by atoms with E-state index in [9.17, 15) is 4.79 Å². The largest absolute Gasteiger partial charge is 0.300 e. The van der Waals surface area contributed by atoms with Crippen molar-refractivity contribution in [2.45, 2.75) is 52.0 Å². The average molecular weight is 273 g/mol. The molecule has 1 aliphatic rings. The maximum absolute atomic E-state index is 12.7. The smallest absolute Gasteiger partial charge is 0.167 e. The average Bonchev–Trinajstić information content (AvgIpc) is 2.53. The van der Waals surface area contributed by atoms with Crippen LogP contribution in [0.5, 0.6) is 0 Å². The van der Waals surface area contributed by atoms with Crippen molar-refractivity contribution in [3.63, 3.8) is 0 Å². The molecule has 110 valence electrons. The number of hydrogen-bond donors (Lipinski definition) is 0. The summed E-state index contributed by atoms with van der Waals surface area (Å²) >= 11 is 0. The molecule has 0 aromatic heterocycles. The van der Waals surface area contributed by atoms with Gasteiger partial charge in [0, 0.05) is 17.5 Å². The zero-order chi connectivity index (χ0) is 14.4. The quantitative estimate of drug-likeness (QED) is 0.725. The van der Waals surface area contributed by atoms with Crippen molar-refractivity contribution >= 4 is 5.78 Å². The van der Waals surface area contributed by atoms with E-state index in [0.29, 0.717) is 11.8 Å². The van der Waals surface area contributed by atoms with Gasteiger partial charge in [0.05, 0.1) is 0 Å². The molecule has 20 heavy (non-hydrogen) atoms. The number of benzene rings is 1. The van der Waals surface area contributed by atoms with Crippen molar-refractivity contribution in [3.8, 4) is 0 Å². The van der Waals surface area contributed by atoms with Crippen LogP contribution in [-0.2, 0) is 0 Å². The minimum absolute atomic E-state index is 0.0930. The Kier molecular flexibility index (Phi) is 5.78. The number of ketones is 1. The van der Waals surface area contributed by atoms with Gasteiger partial charge in [-0.25, -0.2) is 0 Å². The van der Waals surface area contributed by atoms with E-state index in [4.69, 9.17) is 0 Å². The lowest BCUT2D eigenvalue weighted by Crippen LogP contribution is -2.45. The van der Waals surface area contributed by atoms with E-state index in [1.165, 1.54) is 19.3 Å². The number of likely N-dealkylation sites (tertiary alicyclic amines) is 1. The highest BCUT2D eigenvalue weighted by Crippen LogP contribution is 2.24. The van der Waals surface area contributed by atoms with E-state index in [0.717, 1.165) is 31.5 Å². The van der Waals surface area contributed by atoms with Gasteiger partial charge in [0.25, 0.3) is 0 Å². The Balaban J connectivity index is 2.09. The number of carbonyl (C=O) groups is 1. The Morgan fingerprint density at radius 3 is 2.40 bits per heavy atom. The second kappa shape index (κ2) is 7.58. The third-order valence-electron chi connectivity index (χ3n) is 4.49. The molecule has 1 fully saturated rings. The minimum atomic E-state index is 0.0930. The molecule has 0 aliphatic carbocycles. The van der Waals surface area contributed by atoms with Crippen molar-refractivity contribution in [2.75, 3.05) is 13.1 Å². The molecule has 0 amide bonds. The zero-order valence-electron chi connectivity index (χ0n) is 12.8. The fraction of sp³-hybridized carbons (Fsp3) is 0.611. The highest BCUT2D eigenvalue weighted by atomic mass is 16.1. The molecule has 0 spiro atoms. The molecule has 0 saturated carbocycles. The second-order valence-corrected chi connectivity index (χ2v) is 5.97. The fourth-order valence-corrected chi connectivity index (χ4v) is 3.33. The van der Waals surface area contributed by atoms with Crippen LogP contribution in [0.1, 0.15) is 56.3 Å². The first-order valence-electron chi connectivity index (χ1n) is 8.07. The van der Waals surface area contributed by atoms with E-state index in [1.807, 2.05) is 30.3 Å². The van der Waals surface area contributed by atoms with Gasteiger partial charge in [0.2, 0.25) is 0 Å². The molecule has 0 N–H and O–H groups in total. The first-order valence-corrected chi connectivity index (χ1v) is 8.07. The summed E-state index contributed by atoms with van der Waals surface area (Å²) in [5.41, 5.74) is 0.859. The third kappa shape index (κ3) is 3.69. The van der Waals surface area contributed by atoms with Crippen LogP contribution in [0, 0.1) is 5.92 Å². The highest BCUT2D eigenvalue weighted by molar-refractivity contribution is 5.98. The predicted molar refractivity (Wildman–Crippen MR) is 84.1 cm³/mol. The fourth-order valence-electron chi connectivity index (χ4n) is 3.33. The Morgan fingerprint density at radius 2 is 1.80 bits per heavy atom. The summed E-state index contributed by atoms with van der Waals surface area (Å²) in [5, 5.41) is 0. The molecule has 2 nitrogen and oxygen atoms in total. The molecule has 2 unspecified atom stereocenters. The number of piperidine rings is 1. The highest BCUT2D eigenvalue weighted by Gasteiger charge is 2.29. The molecule has 1 aromatic rings. The molecule has 2 atom stereocenters. The number of Topliss-reactive ketones (excluding diaryl/α,β-unsaturated/α-hetero) is 1. The summed E-state index contributed by atoms with van der Waals surface area (Å²) in [6.07, 6.45) is 6.18. The van der Waals surface area contributed by atoms with Crippen LogP contribution >= 0.6 is 0 Å². The van der Waals surface area contributed by atoms with Crippen LogP contribution < -0.4 is 0 Å². The van der Waals surface area contributed by atoms with Crippen molar-refractivity contribution in [3.05, 3.63) is 35.9 Å². The standard InChI is InChI=1S/C18H27NO/c1-3-10-17(19-13-8-5-9-14-19)15(2)18(20)16-11-6-4-7-12-16/h4,6-7,11-12,15,17H,3,5,8-10,13-14H2,1-2H3. The van der Waals surface area contributed by atoms with E-state index in [2.05, 4.69) is 18.7 Å². The number of hydrogen-bond acceptors (Lipinski definition) is 2. The van der Waals surface area contributed by atoms with Crippen molar-refractivity contribution in [1.82, 2.24) is 4.90 Å². The molecule has 2 rings (SSSR count). The monoisotopic (exact) mass is 273 g/mol. The van der Waals surface area contributed by atoms with Crippen LogP contribution in [0.25, 0.3) is 0 Å². The summed E-state index contributed by atoms with van der Waals surface area (Å²) in [7, 11) is 0. The predicted octanol–water partition coefficient (Wildman–Crippen LogP) is 4.16. The van der Waals surface area contributed by atoms with Crippen LogP contribution in [0.3, 0.4) is 0 Å². The summed E-state index contributed by atoms with van der Waals surface area (Å²) in [6, 6.07) is 10.2. The van der Waals surface area contributed by atoms with E-state index in [-0.39, 0.29) is 5.92 Å². The first-order chi connectivity index (χ1) is 9.74. The topological polar surface area (TPSA) is 20.3 Å². The van der Waals surface area contributed by atoms with Gasteiger partial charge in [0.15, 0.2) is 5.78 Å². The molecule has 0 bridgehead atoms. The lowest BCUT2D eigenvalue weighted by Gasteiger charge is -2.37. The van der Waals surface area contributed by atoms with Crippen LogP contribution in [0.2, 0.25) is 0 Å². The maximum atomic E-state index is 12.7. The van der Waals surface area contributed by atoms with Gasteiger partial charge in [-0.2, -0.15) is 0 Å². The van der Waals surface area contributed by atoms with E-state index < -0.39 is 0 Å². The Morgan fingerprint density at radius 1 is 1.15 bits per heavy atom. The third-order valence-corrected chi connectivity index (χ3v) is 4.49. The van der Waals surface area contributed by atoms with Gasteiger partial charge in [0.1, 0.15) is 0 Å². The van der Waals surface area contributed by atoms with Gasteiger partial charge in [-0.1, -0.05) is 57.0 Å². The first kappa shape index (κ1) is 15.2. The SMILES string of the molecule is CCCC(C(C)C(=O)c1ccccc1)N1CCCCC1. The summed E-state index contributed by atoms with van der Waals surface area (Å²) in [4.78, 5) is 15.2. The van der Waals surface area contributed by atoms with Gasteiger partial charge >= 0.3 is 0 Å². The van der Waals surface area contributed by atoms with Crippen LogP contribution in [-0.4, -0.2) is 29.8 Å². The van der Waals surface area contributed by atoms with Crippen LogP contribution in [0.4, 0.5) is 0 Å². The molecule has 1 aliphatic heterocycles. The normalized spacial score (nSPS) is 19.5. The summed E-state index contributed by atoms with van der Waals surface area (Å²) < 4.78 is 0. The Hall–Kier alpha value is -1.15. The van der Waals surface area contributed by atoms with E-state index in [1.54, 1.807) is 0 Å². The molecular formula is C18H27NO. The molecule has 1 heterocycles. The number of carbonyl (C=O) groups excluding carboxylic acids is 1. The van der Waals surface area contributed by atoms with Crippen molar-refractivity contribution in [2.24, 2.45) is 5.92 Å². The molecular weight excluding hydrogens is 246 g/mol. The Bertz CT molecular complexity index is 409. The molecule has 1 aromatic carbocycles. The van der Waals surface area contributed by atoms with Crippen molar-refractivity contribution < 1.29 is 4.79 Å². The summed E-state index contributed by atoms with van der Waals surface area (Å²) in [6.45, 7) is 6.66. The van der Waals surface area contributed by atoms with Gasteiger partial charge in [-0.3, -0.25) is 9.69 Å². The minimum Gasteiger partial charge on any atom is -0.300 e. The molecule has 1 saturated heterocycles. The number of rotatable bonds is 6. The van der Waals surface area contributed by atoms with Gasteiger partial charge in [-0.05, 0) is 32.4 Å². The zero-order valence-corrected chi connectivity index (χ0v) is 12.8.